The van der Waals surface area contributed by atoms with Gasteiger partial charge in [-0.15, -0.1) is 0 Å². The van der Waals surface area contributed by atoms with Crippen LogP contribution in [0.15, 0.2) is 11.6 Å². The highest BCUT2D eigenvalue weighted by Gasteiger charge is 2.22. The first kappa shape index (κ1) is 8.83. The monoisotopic (exact) mass is 152 g/mol. The van der Waals surface area contributed by atoms with Crippen LogP contribution in [0.25, 0.3) is 0 Å². The van der Waals surface area contributed by atoms with Crippen molar-refractivity contribution in [2.24, 2.45) is 17.8 Å². The van der Waals surface area contributed by atoms with E-state index in [4.69, 9.17) is 0 Å². The van der Waals surface area contributed by atoms with E-state index < -0.39 is 0 Å². The Morgan fingerprint density at radius 1 is 1.45 bits per heavy atom. The molecule has 3 atom stereocenters. The third-order valence-corrected chi connectivity index (χ3v) is 3.27. The van der Waals surface area contributed by atoms with Crippen LogP contribution in [0.1, 0.15) is 40.5 Å². The normalized spacial score (nSPS) is 38.5. The minimum Gasteiger partial charge on any atom is -0.0822 e. The van der Waals surface area contributed by atoms with Crippen LogP contribution in [0.5, 0.6) is 0 Å². The molecule has 0 heterocycles. The van der Waals surface area contributed by atoms with E-state index in [2.05, 4.69) is 33.8 Å². The van der Waals surface area contributed by atoms with Gasteiger partial charge >= 0.3 is 0 Å². The molecule has 0 aromatic heterocycles. The zero-order valence-electron chi connectivity index (χ0n) is 8.22. The molecule has 0 fully saturated rings. The van der Waals surface area contributed by atoms with Gasteiger partial charge < -0.3 is 0 Å². The average Bonchev–Trinajstić information content (AvgIpc) is 1.99. The Kier molecular flexibility index (Phi) is 2.75. The van der Waals surface area contributed by atoms with E-state index in [0.717, 1.165) is 17.8 Å². The third-order valence-electron chi connectivity index (χ3n) is 3.27. The van der Waals surface area contributed by atoms with Crippen molar-refractivity contribution in [1.82, 2.24) is 0 Å². The highest BCUT2D eigenvalue weighted by atomic mass is 14.3. The fraction of sp³-hybridized carbons (Fsp3) is 0.818. The molecule has 0 aromatic rings. The Balaban J connectivity index is 2.68. The van der Waals surface area contributed by atoms with E-state index in [1.54, 1.807) is 5.57 Å². The van der Waals surface area contributed by atoms with Gasteiger partial charge in [0.15, 0.2) is 0 Å². The van der Waals surface area contributed by atoms with Crippen molar-refractivity contribution in [3.8, 4) is 0 Å². The first-order valence-electron chi connectivity index (χ1n) is 4.83. The molecule has 0 aliphatic heterocycles. The smallest absolute Gasteiger partial charge is 0.0208 e. The summed E-state index contributed by atoms with van der Waals surface area (Å²) in [6, 6.07) is 0. The maximum Gasteiger partial charge on any atom is -0.0208 e. The molecule has 0 amide bonds. The Morgan fingerprint density at radius 2 is 2.09 bits per heavy atom. The number of hydrogen-bond acceptors (Lipinski definition) is 0. The SMILES string of the molecule is CCC1C=C(C)C(C)C(C)C1. The molecule has 0 saturated carbocycles. The lowest BCUT2D eigenvalue weighted by Gasteiger charge is -2.30. The molecule has 1 rings (SSSR count). The van der Waals surface area contributed by atoms with Crippen molar-refractivity contribution in [3.05, 3.63) is 11.6 Å². The number of allylic oxidation sites excluding steroid dienone is 2. The van der Waals surface area contributed by atoms with Gasteiger partial charge in [-0.05, 0) is 37.5 Å². The van der Waals surface area contributed by atoms with Gasteiger partial charge in [0.1, 0.15) is 0 Å². The highest BCUT2D eigenvalue weighted by molar-refractivity contribution is 5.09. The van der Waals surface area contributed by atoms with E-state index in [-0.39, 0.29) is 0 Å². The maximum atomic E-state index is 2.48. The summed E-state index contributed by atoms with van der Waals surface area (Å²) in [4.78, 5) is 0. The lowest BCUT2D eigenvalue weighted by molar-refractivity contribution is 0.330. The molecule has 1 aliphatic rings. The first-order valence-corrected chi connectivity index (χ1v) is 4.83. The largest absolute Gasteiger partial charge is 0.0822 e. The lowest BCUT2D eigenvalue weighted by atomic mass is 9.76. The number of rotatable bonds is 1. The van der Waals surface area contributed by atoms with Gasteiger partial charge in [0, 0.05) is 0 Å². The zero-order valence-corrected chi connectivity index (χ0v) is 8.22. The first-order chi connectivity index (χ1) is 5.15. The number of hydrogen-bond donors (Lipinski definition) is 0. The van der Waals surface area contributed by atoms with E-state index >= 15 is 0 Å². The summed E-state index contributed by atoms with van der Waals surface area (Å²) < 4.78 is 0. The van der Waals surface area contributed by atoms with Crippen molar-refractivity contribution in [2.75, 3.05) is 0 Å². The van der Waals surface area contributed by atoms with E-state index in [0.29, 0.717) is 0 Å². The van der Waals surface area contributed by atoms with Crippen molar-refractivity contribution < 1.29 is 0 Å². The summed E-state index contributed by atoms with van der Waals surface area (Å²) in [5, 5.41) is 0. The molecule has 3 unspecified atom stereocenters. The van der Waals surface area contributed by atoms with E-state index in [1.807, 2.05) is 0 Å². The summed E-state index contributed by atoms with van der Waals surface area (Å²) in [6.45, 7) is 9.30. The predicted octanol–water partition coefficient (Wildman–Crippen LogP) is 3.63. The Bertz CT molecular complexity index is 155. The van der Waals surface area contributed by atoms with Gasteiger partial charge in [-0.25, -0.2) is 0 Å². The fourth-order valence-corrected chi connectivity index (χ4v) is 2.01. The van der Waals surface area contributed by atoms with Crippen LogP contribution >= 0.6 is 0 Å². The summed E-state index contributed by atoms with van der Waals surface area (Å²) in [7, 11) is 0. The molecule has 0 N–H and O–H groups in total. The fourth-order valence-electron chi connectivity index (χ4n) is 2.01. The van der Waals surface area contributed by atoms with Gasteiger partial charge in [0.05, 0.1) is 0 Å². The van der Waals surface area contributed by atoms with Crippen LogP contribution in [0.4, 0.5) is 0 Å². The Labute approximate surface area is 70.7 Å². The molecule has 11 heavy (non-hydrogen) atoms. The Morgan fingerprint density at radius 3 is 2.55 bits per heavy atom. The van der Waals surface area contributed by atoms with Crippen molar-refractivity contribution in [2.45, 2.75) is 40.5 Å². The molecule has 1 aliphatic carbocycles. The molecule has 0 heteroatoms. The predicted molar refractivity (Wildman–Crippen MR) is 50.5 cm³/mol. The minimum absolute atomic E-state index is 0.817. The molecule has 0 radical (unpaired) electrons. The topological polar surface area (TPSA) is 0 Å². The van der Waals surface area contributed by atoms with Gasteiger partial charge in [-0.3, -0.25) is 0 Å². The molecule has 0 nitrogen and oxygen atoms in total. The van der Waals surface area contributed by atoms with Crippen LogP contribution in [-0.2, 0) is 0 Å². The van der Waals surface area contributed by atoms with E-state index in [9.17, 15) is 0 Å². The van der Waals surface area contributed by atoms with Crippen molar-refractivity contribution in [3.63, 3.8) is 0 Å². The Hall–Kier alpha value is -0.260. The van der Waals surface area contributed by atoms with Crippen LogP contribution in [-0.4, -0.2) is 0 Å². The summed E-state index contributed by atoms with van der Waals surface area (Å²) >= 11 is 0. The average molecular weight is 152 g/mol. The molecule has 0 saturated heterocycles. The molecule has 0 aromatic carbocycles. The second kappa shape index (κ2) is 3.42. The summed E-state index contributed by atoms with van der Waals surface area (Å²) in [6.07, 6.45) is 5.19. The molecular formula is C11H20. The molecule has 64 valence electrons. The third kappa shape index (κ3) is 1.85. The van der Waals surface area contributed by atoms with Gasteiger partial charge in [0.25, 0.3) is 0 Å². The lowest BCUT2D eigenvalue weighted by Crippen LogP contribution is -2.18. The van der Waals surface area contributed by atoms with Gasteiger partial charge in [-0.1, -0.05) is 32.4 Å². The van der Waals surface area contributed by atoms with Crippen LogP contribution in [0.2, 0.25) is 0 Å². The summed E-state index contributed by atoms with van der Waals surface area (Å²) in [5.74, 6) is 2.57. The van der Waals surface area contributed by atoms with Crippen molar-refractivity contribution >= 4 is 0 Å². The zero-order chi connectivity index (χ0) is 8.43. The van der Waals surface area contributed by atoms with Crippen molar-refractivity contribution in [1.29, 1.82) is 0 Å². The maximum absolute atomic E-state index is 2.48. The van der Waals surface area contributed by atoms with Crippen LogP contribution in [0.3, 0.4) is 0 Å². The highest BCUT2D eigenvalue weighted by Crippen LogP contribution is 2.33. The van der Waals surface area contributed by atoms with E-state index in [1.165, 1.54) is 12.8 Å². The second-order valence-electron chi connectivity index (χ2n) is 4.08. The molecule has 0 spiro atoms. The molecular weight excluding hydrogens is 132 g/mol. The second-order valence-corrected chi connectivity index (χ2v) is 4.08. The van der Waals surface area contributed by atoms with Crippen LogP contribution in [0, 0.1) is 17.8 Å². The molecule has 0 bridgehead atoms. The van der Waals surface area contributed by atoms with Gasteiger partial charge in [-0.2, -0.15) is 0 Å². The quantitative estimate of drug-likeness (QED) is 0.503. The van der Waals surface area contributed by atoms with Gasteiger partial charge in [0.2, 0.25) is 0 Å². The minimum atomic E-state index is 0.817. The summed E-state index contributed by atoms with van der Waals surface area (Å²) in [5.41, 5.74) is 1.61. The standard InChI is InChI=1S/C11H20/c1-5-11-6-8(2)10(4)9(3)7-11/h6,9-11H,5,7H2,1-4H3. The van der Waals surface area contributed by atoms with Crippen LogP contribution < -0.4 is 0 Å².